The minimum atomic E-state index is -0.333. The Bertz CT molecular complexity index is 1040. The Labute approximate surface area is 169 Å². The van der Waals surface area contributed by atoms with Crippen molar-refractivity contribution in [3.05, 3.63) is 83.4 Å². The van der Waals surface area contributed by atoms with Crippen molar-refractivity contribution in [3.63, 3.8) is 0 Å². The van der Waals surface area contributed by atoms with Crippen LogP contribution in [0.25, 0.3) is 0 Å². The number of nitrogens with zero attached hydrogens (tertiary/aromatic N) is 1. The largest absolute Gasteiger partial charge is 0.508 e. The van der Waals surface area contributed by atoms with Crippen LogP contribution in [0.5, 0.6) is 5.75 Å². The third-order valence-corrected chi connectivity index (χ3v) is 4.43. The number of phenolic OH excluding ortho intramolecular Hbond substituents is 1. The van der Waals surface area contributed by atoms with Gasteiger partial charge in [-0.25, -0.2) is 0 Å². The summed E-state index contributed by atoms with van der Waals surface area (Å²) in [6.07, 6.45) is 0. The van der Waals surface area contributed by atoms with E-state index in [9.17, 15) is 14.7 Å². The van der Waals surface area contributed by atoms with E-state index in [0.29, 0.717) is 22.5 Å². The summed E-state index contributed by atoms with van der Waals surface area (Å²) in [5.41, 5.74) is 3.79. The average molecular weight is 389 g/mol. The number of nitrogens with one attached hydrogen (secondary N) is 2. The van der Waals surface area contributed by atoms with Crippen LogP contribution in [0.4, 0.5) is 17.1 Å². The van der Waals surface area contributed by atoms with E-state index >= 15 is 0 Å². The number of carbonyl (C=O) groups excluding carboxylic acids is 2. The van der Waals surface area contributed by atoms with Crippen molar-refractivity contribution in [2.45, 2.75) is 6.92 Å². The van der Waals surface area contributed by atoms with Gasteiger partial charge in [0, 0.05) is 30.9 Å². The van der Waals surface area contributed by atoms with E-state index in [0.717, 1.165) is 11.3 Å². The molecule has 0 atom stereocenters. The van der Waals surface area contributed by atoms with E-state index in [4.69, 9.17) is 0 Å². The number of aromatic hydroxyl groups is 1. The second-order valence-corrected chi connectivity index (χ2v) is 6.95. The number of phenols is 1. The molecule has 6 heteroatoms. The monoisotopic (exact) mass is 389 g/mol. The van der Waals surface area contributed by atoms with Crippen LogP contribution in [-0.2, 0) is 0 Å². The summed E-state index contributed by atoms with van der Waals surface area (Å²) >= 11 is 0. The molecule has 0 spiro atoms. The molecule has 0 saturated carbocycles. The normalized spacial score (nSPS) is 10.3. The third-order valence-electron chi connectivity index (χ3n) is 4.43. The molecule has 148 valence electrons. The van der Waals surface area contributed by atoms with Crippen molar-refractivity contribution in [1.29, 1.82) is 0 Å². The predicted octanol–water partition coefficient (Wildman–Crippen LogP) is 4.27. The fourth-order valence-electron chi connectivity index (χ4n) is 2.80. The van der Waals surface area contributed by atoms with Gasteiger partial charge in [0.2, 0.25) is 0 Å². The number of aryl methyl sites for hydroxylation is 1. The molecule has 0 heterocycles. The highest BCUT2D eigenvalue weighted by molar-refractivity contribution is 6.10. The molecule has 0 aliphatic heterocycles. The number of hydrogen-bond donors (Lipinski definition) is 3. The lowest BCUT2D eigenvalue weighted by Crippen LogP contribution is -2.17. The van der Waals surface area contributed by atoms with Gasteiger partial charge < -0.3 is 20.6 Å². The van der Waals surface area contributed by atoms with E-state index in [-0.39, 0.29) is 17.6 Å². The minimum Gasteiger partial charge on any atom is -0.508 e. The zero-order valence-corrected chi connectivity index (χ0v) is 16.6. The molecule has 0 aliphatic carbocycles. The molecule has 0 unspecified atom stereocenters. The Morgan fingerprint density at radius 2 is 1.45 bits per heavy atom. The van der Waals surface area contributed by atoms with Crippen molar-refractivity contribution in [2.75, 3.05) is 29.6 Å². The molecule has 0 radical (unpaired) electrons. The summed E-state index contributed by atoms with van der Waals surface area (Å²) in [6.45, 7) is 1.91. The number of amides is 2. The maximum Gasteiger partial charge on any atom is 0.255 e. The molecule has 3 rings (SSSR count). The lowest BCUT2D eigenvalue weighted by Gasteiger charge is -2.15. The summed E-state index contributed by atoms with van der Waals surface area (Å²) in [7, 11) is 3.82. The van der Waals surface area contributed by atoms with Crippen molar-refractivity contribution in [1.82, 2.24) is 0 Å². The first-order valence-electron chi connectivity index (χ1n) is 9.13. The van der Waals surface area contributed by atoms with E-state index in [1.165, 1.54) is 24.3 Å². The first-order chi connectivity index (χ1) is 13.8. The lowest BCUT2D eigenvalue weighted by atomic mass is 10.1. The SMILES string of the molecule is Cc1ccc(NC(=O)c2cccc(N(C)C)c2)c(NC(=O)c2ccc(O)cc2)c1. The van der Waals surface area contributed by atoms with Gasteiger partial charge in [-0.05, 0) is 67.1 Å². The second kappa shape index (κ2) is 8.48. The minimum absolute atomic E-state index is 0.0880. The number of hydrogen-bond acceptors (Lipinski definition) is 4. The molecule has 0 bridgehead atoms. The van der Waals surface area contributed by atoms with E-state index < -0.39 is 0 Å². The first kappa shape index (κ1) is 19.9. The smallest absolute Gasteiger partial charge is 0.255 e. The average Bonchev–Trinajstić information content (AvgIpc) is 2.70. The number of benzene rings is 3. The quantitative estimate of drug-likeness (QED) is 0.609. The van der Waals surface area contributed by atoms with Crippen molar-refractivity contribution in [2.24, 2.45) is 0 Å². The third kappa shape index (κ3) is 4.93. The fraction of sp³-hybridized carbons (Fsp3) is 0.130. The molecule has 0 fully saturated rings. The fourth-order valence-corrected chi connectivity index (χ4v) is 2.80. The molecule has 0 aliphatic rings. The molecule has 0 saturated heterocycles. The van der Waals surface area contributed by atoms with Gasteiger partial charge in [-0.2, -0.15) is 0 Å². The zero-order chi connectivity index (χ0) is 21.0. The summed E-state index contributed by atoms with van der Waals surface area (Å²) in [5.74, 6) is -0.511. The Balaban J connectivity index is 1.83. The molecule has 2 amide bonds. The number of carbonyl (C=O) groups is 2. The molecule has 0 aromatic heterocycles. The summed E-state index contributed by atoms with van der Waals surface area (Å²) in [6, 6.07) is 18.7. The van der Waals surface area contributed by atoms with E-state index in [1.54, 1.807) is 24.3 Å². The van der Waals surface area contributed by atoms with Gasteiger partial charge in [-0.15, -0.1) is 0 Å². The van der Waals surface area contributed by atoms with Crippen LogP contribution in [0.2, 0.25) is 0 Å². The summed E-state index contributed by atoms with van der Waals surface area (Å²) in [5, 5.41) is 15.1. The molecule has 3 N–H and O–H groups in total. The van der Waals surface area contributed by atoms with Gasteiger partial charge in [0.25, 0.3) is 11.8 Å². The van der Waals surface area contributed by atoms with Gasteiger partial charge >= 0.3 is 0 Å². The molecule has 3 aromatic rings. The van der Waals surface area contributed by atoms with Crippen LogP contribution >= 0.6 is 0 Å². The van der Waals surface area contributed by atoms with Gasteiger partial charge in [-0.3, -0.25) is 9.59 Å². The Morgan fingerprint density at radius 1 is 0.793 bits per heavy atom. The number of rotatable bonds is 5. The zero-order valence-electron chi connectivity index (χ0n) is 16.6. The van der Waals surface area contributed by atoms with Gasteiger partial charge in [-0.1, -0.05) is 12.1 Å². The topological polar surface area (TPSA) is 81.7 Å². The highest BCUT2D eigenvalue weighted by Gasteiger charge is 2.13. The van der Waals surface area contributed by atoms with Crippen molar-refractivity contribution >= 4 is 28.9 Å². The predicted molar refractivity (Wildman–Crippen MR) is 116 cm³/mol. The van der Waals surface area contributed by atoms with Gasteiger partial charge in [0.05, 0.1) is 11.4 Å². The van der Waals surface area contributed by atoms with Gasteiger partial charge in [0.1, 0.15) is 5.75 Å². The Morgan fingerprint density at radius 3 is 2.14 bits per heavy atom. The lowest BCUT2D eigenvalue weighted by molar-refractivity contribution is 0.101. The van der Waals surface area contributed by atoms with Crippen LogP contribution in [0.15, 0.2) is 66.7 Å². The van der Waals surface area contributed by atoms with Crippen LogP contribution in [0.1, 0.15) is 26.3 Å². The number of anilines is 3. The van der Waals surface area contributed by atoms with Crippen LogP contribution < -0.4 is 15.5 Å². The van der Waals surface area contributed by atoms with Crippen LogP contribution in [0, 0.1) is 6.92 Å². The van der Waals surface area contributed by atoms with E-state index in [2.05, 4.69) is 10.6 Å². The van der Waals surface area contributed by atoms with Crippen molar-refractivity contribution < 1.29 is 14.7 Å². The second-order valence-electron chi connectivity index (χ2n) is 6.95. The molecule has 3 aromatic carbocycles. The van der Waals surface area contributed by atoms with Crippen LogP contribution in [0.3, 0.4) is 0 Å². The van der Waals surface area contributed by atoms with E-state index in [1.807, 2.05) is 44.1 Å². The Kier molecular flexibility index (Phi) is 5.83. The summed E-state index contributed by atoms with van der Waals surface area (Å²) < 4.78 is 0. The highest BCUT2D eigenvalue weighted by Crippen LogP contribution is 2.25. The van der Waals surface area contributed by atoms with Crippen LogP contribution in [-0.4, -0.2) is 31.0 Å². The highest BCUT2D eigenvalue weighted by atomic mass is 16.3. The maximum atomic E-state index is 12.7. The molecular weight excluding hydrogens is 366 g/mol. The molecule has 29 heavy (non-hydrogen) atoms. The first-order valence-corrected chi connectivity index (χ1v) is 9.13. The standard InChI is InChI=1S/C23H23N3O3/c1-15-7-12-20(24-23(29)17-5-4-6-18(14-17)26(2)3)21(13-15)25-22(28)16-8-10-19(27)11-9-16/h4-14,27H,1-3H3,(H,24,29)(H,25,28). The van der Waals surface area contributed by atoms with Gasteiger partial charge in [0.15, 0.2) is 0 Å². The maximum absolute atomic E-state index is 12.7. The Hall–Kier alpha value is -3.80. The molecule has 6 nitrogen and oxygen atoms in total. The summed E-state index contributed by atoms with van der Waals surface area (Å²) in [4.78, 5) is 27.2. The molecular formula is C23H23N3O3. The van der Waals surface area contributed by atoms with Crippen molar-refractivity contribution in [3.8, 4) is 5.75 Å².